The summed E-state index contributed by atoms with van der Waals surface area (Å²) in [6.07, 6.45) is 0.907. The van der Waals surface area contributed by atoms with E-state index in [2.05, 4.69) is 13.8 Å². The molecule has 1 aliphatic rings. The first-order valence-corrected chi connectivity index (χ1v) is 9.85. The SMILES string of the molecule is CC(C)C[C@]1(O)CCN(C(=O)Cc2ccc(O)cc2)C[C@@H]1Oc1ccccc1. The van der Waals surface area contributed by atoms with Crippen LogP contribution in [0.25, 0.3) is 0 Å². The van der Waals surface area contributed by atoms with E-state index < -0.39 is 11.7 Å². The van der Waals surface area contributed by atoms with E-state index in [0.717, 1.165) is 5.56 Å². The number of para-hydroxylation sites is 1. The Morgan fingerprint density at radius 2 is 1.86 bits per heavy atom. The van der Waals surface area contributed by atoms with Crippen molar-refractivity contribution in [1.82, 2.24) is 4.90 Å². The fourth-order valence-electron chi connectivity index (χ4n) is 3.83. The predicted molar refractivity (Wildman–Crippen MR) is 108 cm³/mol. The van der Waals surface area contributed by atoms with Crippen LogP contribution in [-0.4, -0.2) is 45.8 Å². The van der Waals surface area contributed by atoms with E-state index in [1.54, 1.807) is 29.2 Å². The van der Waals surface area contributed by atoms with Gasteiger partial charge < -0.3 is 19.8 Å². The number of amides is 1. The summed E-state index contributed by atoms with van der Waals surface area (Å²) in [6.45, 7) is 5.03. The number of hydrogen-bond donors (Lipinski definition) is 2. The van der Waals surface area contributed by atoms with Crippen molar-refractivity contribution in [2.45, 2.75) is 44.8 Å². The molecule has 5 heteroatoms. The Balaban J connectivity index is 1.73. The Kier molecular flexibility index (Phi) is 6.25. The van der Waals surface area contributed by atoms with E-state index in [1.807, 2.05) is 30.3 Å². The number of nitrogens with zero attached hydrogens (tertiary/aromatic N) is 1. The highest BCUT2D eigenvalue weighted by atomic mass is 16.5. The molecule has 0 aliphatic carbocycles. The van der Waals surface area contributed by atoms with E-state index in [0.29, 0.717) is 37.6 Å². The summed E-state index contributed by atoms with van der Waals surface area (Å²) >= 11 is 0. The molecule has 0 spiro atoms. The number of carbonyl (C=O) groups excluding carboxylic acids is 1. The molecule has 0 aromatic heterocycles. The van der Waals surface area contributed by atoms with Gasteiger partial charge in [-0.15, -0.1) is 0 Å². The lowest BCUT2D eigenvalue weighted by molar-refractivity contribution is -0.147. The van der Waals surface area contributed by atoms with Crippen LogP contribution in [0.2, 0.25) is 0 Å². The van der Waals surface area contributed by atoms with Crippen molar-refractivity contribution in [3.05, 3.63) is 60.2 Å². The minimum Gasteiger partial charge on any atom is -0.508 e. The molecule has 1 heterocycles. The van der Waals surface area contributed by atoms with Crippen molar-refractivity contribution in [3.8, 4) is 11.5 Å². The molecule has 28 heavy (non-hydrogen) atoms. The average molecular weight is 383 g/mol. The number of aromatic hydroxyl groups is 1. The van der Waals surface area contributed by atoms with Crippen LogP contribution in [0.4, 0.5) is 0 Å². The maximum atomic E-state index is 12.8. The van der Waals surface area contributed by atoms with Gasteiger partial charge in [-0.2, -0.15) is 0 Å². The maximum absolute atomic E-state index is 12.8. The molecule has 3 rings (SSSR count). The molecule has 1 amide bonds. The Morgan fingerprint density at radius 3 is 2.50 bits per heavy atom. The minimum atomic E-state index is -0.959. The zero-order valence-electron chi connectivity index (χ0n) is 16.5. The summed E-state index contributed by atoms with van der Waals surface area (Å²) in [5.41, 5.74) is -0.106. The average Bonchev–Trinajstić information content (AvgIpc) is 2.65. The number of ether oxygens (including phenoxy) is 1. The first-order valence-electron chi connectivity index (χ1n) is 9.85. The number of carbonyl (C=O) groups is 1. The highest BCUT2D eigenvalue weighted by Crippen LogP contribution is 2.32. The molecular formula is C23H29NO4. The summed E-state index contributed by atoms with van der Waals surface area (Å²) in [7, 11) is 0. The first-order chi connectivity index (χ1) is 13.4. The highest BCUT2D eigenvalue weighted by molar-refractivity contribution is 5.79. The van der Waals surface area contributed by atoms with Crippen LogP contribution < -0.4 is 4.74 Å². The van der Waals surface area contributed by atoms with E-state index in [4.69, 9.17) is 4.74 Å². The molecule has 0 radical (unpaired) electrons. The normalized spacial score (nSPS) is 22.3. The van der Waals surface area contributed by atoms with Crippen molar-refractivity contribution < 1.29 is 19.7 Å². The number of benzene rings is 2. The third kappa shape index (κ3) is 5.04. The number of rotatable bonds is 6. The largest absolute Gasteiger partial charge is 0.508 e. The lowest BCUT2D eigenvalue weighted by Crippen LogP contribution is -2.59. The van der Waals surface area contributed by atoms with E-state index in [9.17, 15) is 15.0 Å². The molecule has 150 valence electrons. The summed E-state index contributed by atoms with van der Waals surface area (Å²) in [5, 5.41) is 20.7. The number of likely N-dealkylation sites (tertiary alicyclic amines) is 1. The first kappa shape index (κ1) is 20.2. The number of aliphatic hydroxyl groups is 1. The monoisotopic (exact) mass is 383 g/mol. The molecule has 0 unspecified atom stereocenters. The van der Waals surface area contributed by atoms with E-state index in [-0.39, 0.29) is 18.1 Å². The van der Waals surface area contributed by atoms with Gasteiger partial charge in [0.2, 0.25) is 5.91 Å². The number of hydrogen-bond acceptors (Lipinski definition) is 4. The number of piperidine rings is 1. The van der Waals surface area contributed by atoms with Crippen molar-refractivity contribution in [1.29, 1.82) is 0 Å². The summed E-state index contributed by atoms with van der Waals surface area (Å²) in [5.74, 6) is 1.21. The smallest absolute Gasteiger partial charge is 0.227 e. The predicted octanol–water partition coefficient (Wildman–Crippen LogP) is 3.39. The van der Waals surface area contributed by atoms with Crippen molar-refractivity contribution >= 4 is 5.91 Å². The number of phenols is 1. The highest BCUT2D eigenvalue weighted by Gasteiger charge is 2.44. The van der Waals surface area contributed by atoms with Crippen molar-refractivity contribution in [2.75, 3.05) is 13.1 Å². The second-order valence-corrected chi connectivity index (χ2v) is 8.05. The molecule has 1 aliphatic heterocycles. The van der Waals surface area contributed by atoms with Gasteiger partial charge in [0, 0.05) is 6.54 Å². The van der Waals surface area contributed by atoms with E-state index >= 15 is 0 Å². The van der Waals surface area contributed by atoms with Crippen LogP contribution in [0.1, 0.15) is 32.3 Å². The van der Waals surface area contributed by atoms with Crippen LogP contribution >= 0.6 is 0 Å². The molecular weight excluding hydrogens is 354 g/mol. The Bertz CT molecular complexity index is 775. The van der Waals surface area contributed by atoms with Crippen LogP contribution in [0, 0.1) is 5.92 Å². The lowest BCUT2D eigenvalue weighted by atomic mass is 9.81. The van der Waals surface area contributed by atoms with Gasteiger partial charge in [-0.25, -0.2) is 0 Å². The molecule has 2 aromatic carbocycles. The third-order valence-corrected chi connectivity index (χ3v) is 5.23. The van der Waals surface area contributed by atoms with Crippen molar-refractivity contribution in [2.24, 2.45) is 5.92 Å². The summed E-state index contributed by atoms with van der Waals surface area (Å²) in [6, 6.07) is 16.1. The topological polar surface area (TPSA) is 70.0 Å². The Labute approximate surface area is 166 Å². The summed E-state index contributed by atoms with van der Waals surface area (Å²) < 4.78 is 6.14. The molecule has 2 N–H and O–H groups in total. The standard InChI is InChI=1S/C23H29NO4/c1-17(2)15-23(27)12-13-24(16-21(23)28-20-6-4-3-5-7-20)22(26)14-18-8-10-19(25)11-9-18/h3-11,17,21,25,27H,12-16H2,1-2H3/t21-,23+/m0/s1. The Hall–Kier alpha value is -2.53. The minimum absolute atomic E-state index is 0.000974. The van der Waals surface area contributed by atoms with Crippen molar-refractivity contribution in [3.63, 3.8) is 0 Å². The van der Waals surface area contributed by atoms with Gasteiger partial charge in [0.05, 0.1) is 13.0 Å². The molecule has 1 saturated heterocycles. The van der Waals surface area contributed by atoms with Crippen LogP contribution in [0.3, 0.4) is 0 Å². The van der Waals surface area contributed by atoms with Gasteiger partial charge >= 0.3 is 0 Å². The molecule has 2 atom stereocenters. The van der Waals surface area contributed by atoms with Gasteiger partial charge in [0.1, 0.15) is 23.2 Å². The van der Waals surface area contributed by atoms with Crippen LogP contribution in [0.15, 0.2) is 54.6 Å². The number of phenolic OH excluding ortho intramolecular Hbond substituents is 1. The zero-order chi connectivity index (χ0) is 20.1. The van der Waals surface area contributed by atoms with Gasteiger partial charge in [-0.1, -0.05) is 44.2 Å². The maximum Gasteiger partial charge on any atom is 0.227 e. The van der Waals surface area contributed by atoms with Gasteiger partial charge in [-0.05, 0) is 48.6 Å². The second kappa shape index (κ2) is 8.65. The fraction of sp³-hybridized carbons (Fsp3) is 0.435. The molecule has 5 nitrogen and oxygen atoms in total. The summed E-state index contributed by atoms with van der Waals surface area (Å²) in [4.78, 5) is 14.6. The Morgan fingerprint density at radius 1 is 1.18 bits per heavy atom. The van der Waals surface area contributed by atoms with Crippen LogP contribution in [0.5, 0.6) is 11.5 Å². The lowest BCUT2D eigenvalue weighted by Gasteiger charge is -2.45. The van der Waals surface area contributed by atoms with Gasteiger partial charge in [0.15, 0.2) is 0 Å². The molecule has 0 bridgehead atoms. The van der Waals surface area contributed by atoms with Gasteiger partial charge in [-0.3, -0.25) is 4.79 Å². The third-order valence-electron chi connectivity index (χ3n) is 5.23. The fourth-order valence-corrected chi connectivity index (χ4v) is 3.83. The molecule has 0 saturated carbocycles. The second-order valence-electron chi connectivity index (χ2n) is 8.05. The van der Waals surface area contributed by atoms with Crippen LogP contribution in [-0.2, 0) is 11.2 Å². The quantitative estimate of drug-likeness (QED) is 0.802. The zero-order valence-corrected chi connectivity index (χ0v) is 16.5. The van der Waals surface area contributed by atoms with Gasteiger partial charge in [0.25, 0.3) is 0 Å². The van der Waals surface area contributed by atoms with E-state index in [1.165, 1.54) is 0 Å². The molecule has 2 aromatic rings. The molecule has 1 fully saturated rings.